The first-order valence-electron chi connectivity index (χ1n) is 3.43. The van der Waals surface area contributed by atoms with Crippen LogP contribution in [0.2, 0.25) is 0 Å². The largest absolute Gasteiger partial charge is 0.212 e. The molecule has 0 saturated carbocycles. The Hall–Kier alpha value is -1.29. The van der Waals surface area contributed by atoms with Gasteiger partial charge in [0.05, 0.1) is 0 Å². The lowest BCUT2D eigenvalue weighted by Crippen LogP contribution is -1.78. The van der Waals surface area contributed by atoms with Gasteiger partial charge in [0.15, 0.2) is 0 Å². The lowest BCUT2D eigenvalue weighted by molar-refractivity contribution is 0.643. The average Bonchev–Trinajstić information content (AvgIpc) is 2.05. The van der Waals surface area contributed by atoms with Gasteiger partial charge in [0.1, 0.15) is 5.83 Å². The van der Waals surface area contributed by atoms with E-state index in [0.29, 0.717) is 5.57 Å². The predicted octanol–water partition coefficient (Wildman–Crippen LogP) is 3.01. The van der Waals surface area contributed by atoms with Gasteiger partial charge in [-0.3, -0.25) is 0 Å². The lowest BCUT2D eigenvalue weighted by atomic mass is 10.1. The van der Waals surface area contributed by atoms with Crippen molar-refractivity contribution in [1.29, 1.82) is 0 Å². The summed E-state index contributed by atoms with van der Waals surface area (Å²) < 4.78 is 12.6. The third-order valence-corrected chi connectivity index (χ3v) is 1.61. The third kappa shape index (κ3) is 1.81. The van der Waals surface area contributed by atoms with Crippen LogP contribution in [0.4, 0.5) is 4.39 Å². The molecule has 0 aliphatic carbocycles. The minimum absolute atomic E-state index is 0.149. The highest BCUT2D eigenvalue weighted by Gasteiger charge is 1.96. The monoisotopic (exact) mass is 148 g/mol. The van der Waals surface area contributed by atoms with Gasteiger partial charge in [-0.15, -0.1) is 0 Å². The number of hydrogen-bond donors (Lipinski definition) is 0. The van der Waals surface area contributed by atoms with Crippen LogP contribution in [0.15, 0.2) is 24.0 Å². The van der Waals surface area contributed by atoms with Crippen molar-refractivity contribution in [2.45, 2.75) is 13.8 Å². The van der Waals surface area contributed by atoms with Crippen molar-refractivity contribution in [3.63, 3.8) is 0 Å². The Balaban J connectivity index is 3.04. The van der Waals surface area contributed by atoms with Crippen LogP contribution in [0.25, 0.3) is 5.57 Å². The summed E-state index contributed by atoms with van der Waals surface area (Å²) in [5, 5.41) is 0. The predicted molar refractivity (Wildman–Crippen MR) is 43.5 cm³/mol. The van der Waals surface area contributed by atoms with E-state index >= 15 is 0 Å². The fraction of sp³-hybridized carbons (Fsp3) is 0.200. The SMILES string of the molecule is C/C(F)=C(/C)c1cc#ccc1. The Morgan fingerprint density at radius 2 is 2.09 bits per heavy atom. The van der Waals surface area contributed by atoms with Crippen LogP contribution in [0.3, 0.4) is 0 Å². The summed E-state index contributed by atoms with van der Waals surface area (Å²) in [7, 11) is 0. The summed E-state index contributed by atoms with van der Waals surface area (Å²) in [6, 6.07) is 10.8. The molecule has 0 amide bonds. The Bertz CT molecular complexity index is 255. The minimum Gasteiger partial charge on any atom is -0.212 e. The Morgan fingerprint density at radius 3 is 2.55 bits per heavy atom. The highest BCUT2D eigenvalue weighted by Crippen LogP contribution is 2.16. The molecule has 1 rings (SSSR count). The Kier molecular flexibility index (Phi) is 2.28. The molecule has 0 saturated heterocycles. The second-order valence-electron chi connectivity index (χ2n) is 2.38. The molecule has 0 spiro atoms. The molecule has 1 heteroatoms. The van der Waals surface area contributed by atoms with Crippen molar-refractivity contribution in [2.24, 2.45) is 0 Å². The Labute approximate surface area is 66.4 Å². The molecule has 0 nitrogen and oxygen atoms in total. The van der Waals surface area contributed by atoms with Gasteiger partial charge >= 0.3 is 0 Å². The maximum absolute atomic E-state index is 12.6. The summed E-state index contributed by atoms with van der Waals surface area (Å²) in [6.45, 7) is 3.20. The summed E-state index contributed by atoms with van der Waals surface area (Å²) in [6.07, 6.45) is 0. The van der Waals surface area contributed by atoms with Gasteiger partial charge in [-0.05, 0) is 43.2 Å². The molecule has 0 bridgehead atoms. The van der Waals surface area contributed by atoms with Crippen LogP contribution >= 0.6 is 0 Å². The van der Waals surface area contributed by atoms with Gasteiger partial charge in [0.2, 0.25) is 0 Å². The fourth-order valence-corrected chi connectivity index (χ4v) is 0.779. The zero-order valence-corrected chi connectivity index (χ0v) is 6.61. The molecule has 0 atom stereocenters. The molecule has 0 aromatic heterocycles. The van der Waals surface area contributed by atoms with Gasteiger partial charge in [-0.2, -0.15) is 0 Å². The van der Waals surface area contributed by atoms with E-state index in [1.54, 1.807) is 19.1 Å². The van der Waals surface area contributed by atoms with Gasteiger partial charge in [0, 0.05) is 0 Å². The molecule has 0 aliphatic rings. The van der Waals surface area contributed by atoms with E-state index in [0.717, 1.165) is 5.56 Å². The molecular weight excluding hydrogens is 139 g/mol. The number of halogens is 1. The van der Waals surface area contributed by atoms with Crippen molar-refractivity contribution in [3.05, 3.63) is 41.7 Å². The maximum Gasteiger partial charge on any atom is 0.100 e. The highest BCUT2D eigenvalue weighted by atomic mass is 19.1. The smallest absolute Gasteiger partial charge is 0.100 e. The van der Waals surface area contributed by atoms with Crippen LogP contribution in [-0.4, -0.2) is 0 Å². The van der Waals surface area contributed by atoms with Crippen LogP contribution < -0.4 is 0 Å². The molecule has 1 aromatic rings. The van der Waals surface area contributed by atoms with Gasteiger partial charge < -0.3 is 0 Å². The van der Waals surface area contributed by atoms with E-state index in [1.807, 2.05) is 6.07 Å². The zero-order chi connectivity index (χ0) is 8.27. The van der Waals surface area contributed by atoms with Crippen LogP contribution in [0.5, 0.6) is 0 Å². The van der Waals surface area contributed by atoms with Crippen molar-refractivity contribution in [2.75, 3.05) is 0 Å². The molecule has 11 heavy (non-hydrogen) atoms. The van der Waals surface area contributed by atoms with E-state index in [9.17, 15) is 4.39 Å². The topological polar surface area (TPSA) is 0 Å². The fourth-order valence-electron chi connectivity index (χ4n) is 0.779. The Morgan fingerprint density at radius 1 is 1.36 bits per heavy atom. The standard InChI is InChI=1S/C10H9F/c1-8(9(2)11)10-6-4-3-5-7-10/h4,6-7H,1-2H3/b9-8+. The van der Waals surface area contributed by atoms with E-state index in [-0.39, 0.29) is 5.83 Å². The summed E-state index contributed by atoms with van der Waals surface area (Å²) in [5.41, 5.74) is 1.53. The van der Waals surface area contributed by atoms with Crippen molar-refractivity contribution >= 4 is 5.57 Å². The van der Waals surface area contributed by atoms with E-state index in [2.05, 4.69) is 12.1 Å². The minimum atomic E-state index is -0.149. The number of rotatable bonds is 1. The highest BCUT2D eigenvalue weighted by molar-refractivity contribution is 5.64. The average molecular weight is 148 g/mol. The second kappa shape index (κ2) is 3.21. The lowest BCUT2D eigenvalue weighted by Gasteiger charge is -1.97. The van der Waals surface area contributed by atoms with E-state index in [4.69, 9.17) is 0 Å². The van der Waals surface area contributed by atoms with Crippen LogP contribution in [-0.2, 0) is 0 Å². The molecule has 0 aliphatic heterocycles. The molecule has 0 N–H and O–H groups in total. The second-order valence-corrected chi connectivity index (χ2v) is 2.38. The molecule has 56 valence electrons. The van der Waals surface area contributed by atoms with Gasteiger partial charge in [0.25, 0.3) is 0 Å². The molecule has 0 unspecified atom stereocenters. The molecule has 1 aromatic carbocycles. The summed E-state index contributed by atoms with van der Waals surface area (Å²) in [5.74, 6) is -0.149. The van der Waals surface area contributed by atoms with Crippen molar-refractivity contribution in [3.8, 4) is 0 Å². The van der Waals surface area contributed by atoms with Crippen molar-refractivity contribution in [1.82, 2.24) is 0 Å². The van der Waals surface area contributed by atoms with Crippen molar-refractivity contribution < 1.29 is 4.39 Å². The molecule has 0 fully saturated rings. The first-order valence-corrected chi connectivity index (χ1v) is 3.43. The maximum atomic E-state index is 12.6. The zero-order valence-electron chi connectivity index (χ0n) is 6.61. The van der Waals surface area contributed by atoms with Crippen LogP contribution in [0, 0.1) is 12.1 Å². The van der Waals surface area contributed by atoms with E-state index in [1.165, 1.54) is 6.92 Å². The van der Waals surface area contributed by atoms with Crippen LogP contribution in [0.1, 0.15) is 19.4 Å². The summed E-state index contributed by atoms with van der Waals surface area (Å²) >= 11 is 0. The first kappa shape index (κ1) is 7.81. The normalized spacial score (nSPS) is 11.9. The third-order valence-electron chi connectivity index (χ3n) is 1.61. The summed E-state index contributed by atoms with van der Waals surface area (Å²) in [4.78, 5) is 0. The molecule has 0 radical (unpaired) electrons. The van der Waals surface area contributed by atoms with Gasteiger partial charge in [-0.25, -0.2) is 4.39 Å². The van der Waals surface area contributed by atoms with E-state index < -0.39 is 0 Å². The first-order chi connectivity index (χ1) is 5.22. The van der Waals surface area contributed by atoms with Gasteiger partial charge in [-0.1, -0.05) is 12.1 Å². The number of hydrogen-bond acceptors (Lipinski definition) is 0. The molecular formula is C10H9F. The quantitative estimate of drug-likeness (QED) is 0.574. The number of allylic oxidation sites excluding steroid dienone is 2. The molecule has 0 heterocycles.